The Hall–Kier alpha value is -3.49. The van der Waals surface area contributed by atoms with E-state index in [1.807, 2.05) is 70.0 Å². The Morgan fingerprint density at radius 2 is 1.62 bits per heavy atom. The number of ether oxygens (including phenoxy) is 3. The number of nitrogens with zero attached hydrogens (tertiary/aromatic N) is 2. The summed E-state index contributed by atoms with van der Waals surface area (Å²) in [7, 11) is 9.37. The van der Waals surface area contributed by atoms with E-state index in [9.17, 15) is 9.90 Å². The smallest absolute Gasteiger partial charge is 0.239 e. The minimum Gasteiger partial charge on any atom is -0.507 e. The predicted octanol–water partition coefficient (Wildman–Crippen LogP) is 4.56. The van der Waals surface area contributed by atoms with Crippen molar-refractivity contribution < 1.29 is 23.7 Å². The molecule has 1 aromatic heterocycles. The molecule has 0 spiro atoms. The Morgan fingerprint density at radius 1 is 1.00 bits per heavy atom. The number of hydrogen-bond donors (Lipinski definition) is 1. The van der Waals surface area contributed by atoms with Crippen molar-refractivity contribution in [3.63, 3.8) is 0 Å². The Kier molecular flexibility index (Phi) is 9.60. The summed E-state index contributed by atoms with van der Waals surface area (Å²) in [6.07, 6.45) is 2.52. The number of methoxy groups -OCH3 is 1. The number of aromatic hydroxyl groups is 1. The third kappa shape index (κ3) is 7.05. The number of benzene rings is 2. The molecule has 0 aliphatic rings. The SMILES string of the molecule is COc1ccc(-c2oc3c(CC=C(C)C)c(OCCN(C)C)cc(O)c3c(=O)c2OCCN(C)C)cc1. The number of fused-ring (bicyclic) bond motifs is 1. The maximum atomic E-state index is 13.8. The standard InChI is InChI=1S/C29H38N2O6/c1-19(2)8-13-22-24(35-16-14-30(3)4)18-23(32)25-26(33)29(36-17-15-31(5)6)27(37-28(22)25)20-9-11-21(34-7)12-10-20/h8-12,18,32H,13-17H2,1-7H3. The molecule has 0 aliphatic heterocycles. The van der Waals surface area contributed by atoms with Crippen molar-refractivity contribution in [2.24, 2.45) is 0 Å². The minimum absolute atomic E-state index is 0.0595. The summed E-state index contributed by atoms with van der Waals surface area (Å²) in [5.41, 5.74) is 2.32. The molecule has 8 nitrogen and oxygen atoms in total. The Morgan fingerprint density at radius 3 is 2.19 bits per heavy atom. The maximum Gasteiger partial charge on any atom is 0.239 e. The molecule has 3 aromatic rings. The van der Waals surface area contributed by atoms with E-state index in [0.717, 1.165) is 5.57 Å². The molecular weight excluding hydrogens is 472 g/mol. The van der Waals surface area contributed by atoms with Crippen LogP contribution in [0.15, 0.2) is 51.2 Å². The summed E-state index contributed by atoms with van der Waals surface area (Å²) in [5, 5.41) is 11.0. The van der Waals surface area contributed by atoms with Crippen LogP contribution < -0.4 is 19.6 Å². The van der Waals surface area contributed by atoms with Crippen LogP contribution in [0.2, 0.25) is 0 Å². The van der Waals surface area contributed by atoms with Gasteiger partial charge >= 0.3 is 0 Å². The number of allylic oxidation sites excluding steroid dienone is 2. The normalized spacial score (nSPS) is 11.3. The molecule has 8 heteroatoms. The van der Waals surface area contributed by atoms with Crippen molar-refractivity contribution in [2.75, 3.05) is 61.6 Å². The first-order chi connectivity index (χ1) is 17.6. The van der Waals surface area contributed by atoms with Gasteiger partial charge in [-0.3, -0.25) is 4.79 Å². The Balaban J connectivity index is 2.28. The van der Waals surface area contributed by atoms with Crippen LogP contribution >= 0.6 is 0 Å². The molecular formula is C29H38N2O6. The van der Waals surface area contributed by atoms with Gasteiger partial charge in [-0.15, -0.1) is 0 Å². The molecule has 0 saturated carbocycles. The lowest BCUT2D eigenvalue weighted by Crippen LogP contribution is -2.22. The van der Waals surface area contributed by atoms with Gasteiger partial charge in [-0.25, -0.2) is 0 Å². The van der Waals surface area contributed by atoms with Gasteiger partial charge in [0.1, 0.15) is 41.4 Å². The minimum atomic E-state index is -0.429. The highest BCUT2D eigenvalue weighted by Crippen LogP contribution is 2.40. The fourth-order valence-corrected chi connectivity index (χ4v) is 3.72. The highest BCUT2D eigenvalue weighted by Gasteiger charge is 2.24. The summed E-state index contributed by atoms with van der Waals surface area (Å²) >= 11 is 0. The van der Waals surface area contributed by atoms with E-state index in [0.29, 0.717) is 54.5 Å². The van der Waals surface area contributed by atoms with Crippen molar-refractivity contribution >= 4 is 11.0 Å². The molecule has 0 saturated heterocycles. The summed E-state index contributed by atoms with van der Waals surface area (Å²) in [4.78, 5) is 17.8. The van der Waals surface area contributed by atoms with Crippen molar-refractivity contribution in [1.29, 1.82) is 0 Å². The van der Waals surface area contributed by atoms with E-state index < -0.39 is 5.43 Å². The van der Waals surface area contributed by atoms with Crippen molar-refractivity contribution in [1.82, 2.24) is 9.80 Å². The van der Waals surface area contributed by atoms with Gasteiger partial charge in [0.2, 0.25) is 11.2 Å². The number of likely N-dealkylation sites (N-methyl/N-ethyl adjacent to an activating group) is 2. The number of phenols is 1. The van der Waals surface area contributed by atoms with Gasteiger partial charge in [0.05, 0.1) is 7.11 Å². The first-order valence-electron chi connectivity index (χ1n) is 12.3. The lowest BCUT2D eigenvalue weighted by molar-refractivity contribution is 0.255. The van der Waals surface area contributed by atoms with Crippen LogP contribution in [0.3, 0.4) is 0 Å². The number of rotatable bonds is 12. The van der Waals surface area contributed by atoms with Crippen molar-refractivity contribution in [3.8, 4) is 34.3 Å². The quantitative estimate of drug-likeness (QED) is 0.355. The summed E-state index contributed by atoms with van der Waals surface area (Å²) in [5.74, 6) is 1.31. The molecule has 3 rings (SSSR count). The van der Waals surface area contributed by atoms with Crippen LogP contribution in [0.1, 0.15) is 19.4 Å². The van der Waals surface area contributed by atoms with Gasteiger partial charge < -0.3 is 33.5 Å². The van der Waals surface area contributed by atoms with Gasteiger partial charge in [0.25, 0.3) is 0 Å². The van der Waals surface area contributed by atoms with Crippen LogP contribution in [0.5, 0.6) is 23.0 Å². The highest BCUT2D eigenvalue weighted by molar-refractivity contribution is 5.91. The topological polar surface area (TPSA) is 84.6 Å². The lowest BCUT2D eigenvalue weighted by atomic mass is 10.0. The molecule has 1 heterocycles. The van der Waals surface area contributed by atoms with E-state index in [4.69, 9.17) is 18.6 Å². The van der Waals surface area contributed by atoms with E-state index in [-0.39, 0.29) is 29.1 Å². The van der Waals surface area contributed by atoms with Crippen molar-refractivity contribution in [3.05, 3.63) is 57.8 Å². The fraction of sp³-hybridized carbons (Fsp3) is 0.414. The second kappa shape index (κ2) is 12.7. The molecule has 1 N–H and O–H groups in total. The van der Waals surface area contributed by atoms with Crippen LogP contribution in [0, 0.1) is 0 Å². The second-order valence-corrected chi connectivity index (χ2v) is 9.68. The monoisotopic (exact) mass is 510 g/mol. The summed E-state index contributed by atoms with van der Waals surface area (Å²) in [6.45, 7) is 6.01. The van der Waals surface area contributed by atoms with E-state index >= 15 is 0 Å². The zero-order valence-corrected chi connectivity index (χ0v) is 22.9. The van der Waals surface area contributed by atoms with Crippen molar-refractivity contribution in [2.45, 2.75) is 20.3 Å². The third-order valence-corrected chi connectivity index (χ3v) is 5.81. The van der Waals surface area contributed by atoms with Crippen LogP contribution in [0.4, 0.5) is 0 Å². The lowest BCUT2D eigenvalue weighted by Gasteiger charge is -2.18. The number of phenolic OH excluding ortho intramolecular Hbond substituents is 1. The Labute approximate surface area is 218 Å². The van der Waals surface area contributed by atoms with E-state index in [1.165, 1.54) is 6.07 Å². The molecule has 200 valence electrons. The molecule has 0 bridgehead atoms. The summed E-state index contributed by atoms with van der Waals surface area (Å²) in [6, 6.07) is 8.72. The van der Waals surface area contributed by atoms with Gasteiger partial charge in [-0.2, -0.15) is 0 Å². The molecule has 0 radical (unpaired) electrons. The molecule has 0 atom stereocenters. The summed E-state index contributed by atoms with van der Waals surface area (Å²) < 4.78 is 23.8. The predicted molar refractivity (Wildman–Crippen MR) is 147 cm³/mol. The third-order valence-electron chi connectivity index (χ3n) is 5.81. The van der Waals surface area contributed by atoms with Crippen LogP contribution in [-0.4, -0.2) is 76.5 Å². The highest BCUT2D eigenvalue weighted by atomic mass is 16.5. The zero-order chi connectivity index (χ0) is 27.1. The Bertz CT molecular complexity index is 1290. The average Bonchev–Trinajstić information content (AvgIpc) is 2.84. The zero-order valence-electron chi connectivity index (χ0n) is 22.9. The number of hydrogen-bond acceptors (Lipinski definition) is 8. The molecule has 0 amide bonds. The molecule has 0 fully saturated rings. The molecule has 0 aliphatic carbocycles. The first kappa shape index (κ1) is 28.1. The average molecular weight is 511 g/mol. The first-order valence-corrected chi connectivity index (χ1v) is 12.3. The fourth-order valence-electron chi connectivity index (χ4n) is 3.72. The van der Waals surface area contributed by atoms with Gasteiger partial charge in [0, 0.05) is 30.3 Å². The van der Waals surface area contributed by atoms with Gasteiger partial charge in [-0.05, 0) is 72.7 Å². The van der Waals surface area contributed by atoms with Crippen LogP contribution in [0.25, 0.3) is 22.3 Å². The maximum absolute atomic E-state index is 13.8. The molecule has 37 heavy (non-hydrogen) atoms. The van der Waals surface area contributed by atoms with E-state index in [2.05, 4.69) is 0 Å². The van der Waals surface area contributed by atoms with Gasteiger partial charge in [0.15, 0.2) is 5.76 Å². The van der Waals surface area contributed by atoms with E-state index in [1.54, 1.807) is 19.2 Å². The molecule has 2 aromatic carbocycles. The second-order valence-electron chi connectivity index (χ2n) is 9.68. The van der Waals surface area contributed by atoms with Gasteiger partial charge in [-0.1, -0.05) is 11.6 Å². The molecule has 0 unspecified atom stereocenters. The largest absolute Gasteiger partial charge is 0.507 e. The van der Waals surface area contributed by atoms with Crippen LogP contribution in [-0.2, 0) is 6.42 Å².